The minimum absolute atomic E-state index is 0.137. The second-order valence-corrected chi connectivity index (χ2v) is 5.91. The zero-order chi connectivity index (χ0) is 12.7. The summed E-state index contributed by atoms with van der Waals surface area (Å²) in [6.07, 6.45) is 5.46. The summed E-state index contributed by atoms with van der Waals surface area (Å²) in [7, 11) is 0. The van der Waals surface area contributed by atoms with Crippen molar-refractivity contribution in [1.29, 1.82) is 0 Å². The Morgan fingerprint density at radius 1 is 1.17 bits per heavy atom. The highest BCUT2D eigenvalue weighted by Gasteiger charge is 2.57. The van der Waals surface area contributed by atoms with Crippen LogP contribution in [0.15, 0.2) is 5.16 Å². The molecule has 3 rings (SSSR count). The van der Waals surface area contributed by atoms with Gasteiger partial charge in [0.05, 0.1) is 0 Å². The van der Waals surface area contributed by atoms with Gasteiger partial charge in [-0.25, -0.2) is 0 Å². The average molecular weight is 251 g/mol. The van der Waals surface area contributed by atoms with Crippen LogP contribution in [0.2, 0.25) is 0 Å². The van der Waals surface area contributed by atoms with Crippen LogP contribution in [-0.2, 0) is 4.79 Å². The van der Waals surface area contributed by atoms with Crippen LogP contribution in [-0.4, -0.2) is 34.9 Å². The van der Waals surface area contributed by atoms with Gasteiger partial charge in [0.2, 0.25) is 5.91 Å². The fraction of sp³-hybridized carbons (Fsp3) is 0.846. The van der Waals surface area contributed by atoms with Crippen LogP contribution >= 0.6 is 0 Å². The molecule has 0 aromatic carbocycles. The van der Waals surface area contributed by atoms with E-state index in [0.717, 1.165) is 25.9 Å². The topological polar surface area (TPSA) is 78.9 Å². The lowest BCUT2D eigenvalue weighted by Gasteiger charge is -2.31. The maximum atomic E-state index is 12.3. The molecule has 3 fully saturated rings. The first-order chi connectivity index (χ1) is 8.72. The SMILES string of the molecule is NC(=NO)C1CCN(C(=O)C2C3CCCC32)CC1. The van der Waals surface area contributed by atoms with E-state index < -0.39 is 0 Å². The van der Waals surface area contributed by atoms with Gasteiger partial charge in [-0.05, 0) is 37.5 Å². The zero-order valence-electron chi connectivity index (χ0n) is 10.6. The van der Waals surface area contributed by atoms with Crippen LogP contribution in [0.4, 0.5) is 0 Å². The van der Waals surface area contributed by atoms with Crippen molar-refractivity contribution in [3.8, 4) is 0 Å². The molecule has 0 aromatic rings. The number of rotatable bonds is 2. The summed E-state index contributed by atoms with van der Waals surface area (Å²) in [6.45, 7) is 1.52. The molecule has 1 heterocycles. The average Bonchev–Trinajstić information content (AvgIpc) is 2.89. The quantitative estimate of drug-likeness (QED) is 0.333. The first-order valence-corrected chi connectivity index (χ1v) is 6.98. The van der Waals surface area contributed by atoms with E-state index in [1.54, 1.807) is 0 Å². The molecule has 2 saturated carbocycles. The molecule has 5 nitrogen and oxygen atoms in total. The third-order valence-electron chi connectivity index (χ3n) is 5.03. The maximum absolute atomic E-state index is 12.3. The molecule has 5 heteroatoms. The Labute approximate surface area is 107 Å². The lowest BCUT2D eigenvalue weighted by molar-refractivity contribution is -0.134. The number of nitrogens with zero attached hydrogens (tertiary/aromatic N) is 2. The van der Waals surface area contributed by atoms with Gasteiger partial charge >= 0.3 is 0 Å². The van der Waals surface area contributed by atoms with Crippen molar-refractivity contribution in [3.63, 3.8) is 0 Å². The molecule has 3 N–H and O–H groups in total. The molecule has 1 saturated heterocycles. The Balaban J connectivity index is 1.52. The summed E-state index contributed by atoms with van der Waals surface area (Å²) in [5.41, 5.74) is 5.61. The number of carbonyl (C=O) groups is 1. The molecule has 0 spiro atoms. The standard InChI is InChI=1S/C13H21N3O2/c14-12(15-18)8-4-6-16(7-5-8)13(17)11-9-2-1-3-10(9)11/h8-11,18H,1-7H2,(H2,14,15). The number of hydrogen-bond acceptors (Lipinski definition) is 3. The van der Waals surface area contributed by atoms with Crippen molar-refractivity contribution in [2.24, 2.45) is 34.6 Å². The van der Waals surface area contributed by atoms with E-state index >= 15 is 0 Å². The van der Waals surface area contributed by atoms with E-state index in [1.807, 2.05) is 4.90 Å². The molecule has 100 valence electrons. The van der Waals surface area contributed by atoms with Crippen molar-refractivity contribution in [2.75, 3.05) is 13.1 Å². The lowest BCUT2D eigenvalue weighted by atomic mass is 9.95. The summed E-state index contributed by atoms with van der Waals surface area (Å²) in [5.74, 6) is 2.53. The molecule has 2 aliphatic carbocycles. The highest BCUT2D eigenvalue weighted by molar-refractivity contribution is 5.84. The molecular formula is C13H21N3O2. The van der Waals surface area contributed by atoms with Crippen molar-refractivity contribution < 1.29 is 10.0 Å². The molecule has 3 aliphatic rings. The Bertz CT molecular complexity index is 364. The fourth-order valence-electron chi connectivity index (χ4n) is 3.88. The first kappa shape index (κ1) is 11.8. The second-order valence-electron chi connectivity index (χ2n) is 5.91. The van der Waals surface area contributed by atoms with E-state index in [2.05, 4.69) is 5.16 Å². The van der Waals surface area contributed by atoms with Gasteiger partial charge in [-0.2, -0.15) is 0 Å². The van der Waals surface area contributed by atoms with Gasteiger partial charge in [-0.1, -0.05) is 11.6 Å². The van der Waals surface area contributed by atoms with E-state index in [4.69, 9.17) is 10.9 Å². The normalized spacial score (nSPS) is 36.6. The molecule has 2 atom stereocenters. The molecule has 0 aromatic heterocycles. The largest absolute Gasteiger partial charge is 0.409 e. The van der Waals surface area contributed by atoms with Crippen LogP contribution in [0.5, 0.6) is 0 Å². The fourth-order valence-corrected chi connectivity index (χ4v) is 3.88. The number of oxime groups is 1. The number of hydrogen-bond donors (Lipinski definition) is 2. The number of amides is 1. The van der Waals surface area contributed by atoms with Crippen LogP contribution < -0.4 is 5.73 Å². The van der Waals surface area contributed by atoms with Gasteiger partial charge < -0.3 is 15.8 Å². The smallest absolute Gasteiger partial charge is 0.226 e. The maximum Gasteiger partial charge on any atom is 0.226 e. The zero-order valence-corrected chi connectivity index (χ0v) is 10.6. The van der Waals surface area contributed by atoms with Crippen molar-refractivity contribution in [1.82, 2.24) is 4.90 Å². The van der Waals surface area contributed by atoms with Gasteiger partial charge in [-0.3, -0.25) is 4.79 Å². The predicted octanol–water partition coefficient (Wildman–Crippen LogP) is 1.02. The van der Waals surface area contributed by atoms with Gasteiger partial charge in [0.1, 0.15) is 5.84 Å². The van der Waals surface area contributed by atoms with Gasteiger partial charge in [0, 0.05) is 24.9 Å². The van der Waals surface area contributed by atoms with Crippen LogP contribution in [0, 0.1) is 23.7 Å². The predicted molar refractivity (Wildman–Crippen MR) is 67.0 cm³/mol. The number of amidine groups is 1. The third kappa shape index (κ3) is 1.85. The summed E-state index contributed by atoms with van der Waals surface area (Å²) < 4.78 is 0. The lowest BCUT2D eigenvalue weighted by Crippen LogP contribution is -2.42. The van der Waals surface area contributed by atoms with E-state index in [1.165, 1.54) is 19.3 Å². The Hall–Kier alpha value is -1.26. The molecule has 1 aliphatic heterocycles. The highest BCUT2D eigenvalue weighted by Crippen LogP contribution is 2.58. The molecular weight excluding hydrogens is 230 g/mol. The summed E-state index contributed by atoms with van der Waals surface area (Å²) in [4.78, 5) is 14.3. The van der Waals surface area contributed by atoms with Gasteiger partial charge in [0.25, 0.3) is 0 Å². The van der Waals surface area contributed by atoms with Crippen LogP contribution in [0.1, 0.15) is 32.1 Å². The monoisotopic (exact) mass is 251 g/mol. The Morgan fingerprint density at radius 2 is 1.78 bits per heavy atom. The molecule has 2 unspecified atom stereocenters. The summed E-state index contributed by atoms with van der Waals surface area (Å²) in [5, 5.41) is 11.7. The highest BCUT2D eigenvalue weighted by atomic mass is 16.4. The van der Waals surface area contributed by atoms with Crippen molar-refractivity contribution >= 4 is 11.7 Å². The number of carbonyl (C=O) groups excluding carboxylic acids is 1. The van der Waals surface area contributed by atoms with Gasteiger partial charge in [0.15, 0.2) is 0 Å². The molecule has 0 bridgehead atoms. The van der Waals surface area contributed by atoms with Crippen LogP contribution in [0.25, 0.3) is 0 Å². The van der Waals surface area contributed by atoms with E-state index in [9.17, 15) is 4.79 Å². The molecule has 0 radical (unpaired) electrons. The minimum Gasteiger partial charge on any atom is -0.409 e. The summed E-state index contributed by atoms with van der Waals surface area (Å²) >= 11 is 0. The van der Waals surface area contributed by atoms with E-state index in [-0.39, 0.29) is 5.92 Å². The Morgan fingerprint density at radius 3 is 2.33 bits per heavy atom. The number of fused-ring (bicyclic) bond motifs is 1. The summed E-state index contributed by atoms with van der Waals surface area (Å²) in [6, 6.07) is 0. The van der Waals surface area contributed by atoms with Gasteiger partial charge in [-0.15, -0.1) is 0 Å². The Kier molecular flexibility index (Phi) is 2.92. The minimum atomic E-state index is 0.137. The van der Waals surface area contributed by atoms with E-state index in [0.29, 0.717) is 29.5 Å². The van der Waals surface area contributed by atoms with Crippen molar-refractivity contribution in [2.45, 2.75) is 32.1 Å². The number of likely N-dealkylation sites (tertiary alicyclic amines) is 1. The first-order valence-electron chi connectivity index (χ1n) is 6.98. The molecule has 18 heavy (non-hydrogen) atoms. The molecule has 1 amide bonds. The second kappa shape index (κ2) is 4.44. The van der Waals surface area contributed by atoms with Crippen molar-refractivity contribution in [3.05, 3.63) is 0 Å². The number of piperidine rings is 1. The third-order valence-corrected chi connectivity index (χ3v) is 5.03. The van der Waals surface area contributed by atoms with Crippen LogP contribution in [0.3, 0.4) is 0 Å². The number of nitrogens with two attached hydrogens (primary N) is 1.